The number of nitrogens with one attached hydrogen (secondary N) is 1. The summed E-state index contributed by atoms with van der Waals surface area (Å²) >= 11 is 1.39. The van der Waals surface area contributed by atoms with Crippen molar-refractivity contribution in [2.75, 3.05) is 45.1 Å². The van der Waals surface area contributed by atoms with Crippen molar-refractivity contribution in [1.29, 1.82) is 0 Å². The molecular formula is C16H23N5O3S. The Balaban J connectivity index is 1.45. The maximum absolute atomic E-state index is 12.0. The van der Waals surface area contributed by atoms with E-state index in [1.54, 1.807) is 6.26 Å². The zero-order chi connectivity index (χ0) is 17.5. The lowest BCUT2D eigenvalue weighted by Crippen LogP contribution is -2.41. The monoisotopic (exact) mass is 365 g/mol. The molecule has 0 aliphatic carbocycles. The Morgan fingerprint density at radius 1 is 1.36 bits per heavy atom. The van der Waals surface area contributed by atoms with Gasteiger partial charge in [-0.2, -0.15) is 0 Å². The van der Waals surface area contributed by atoms with Crippen LogP contribution >= 0.6 is 11.8 Å². The summed E-state index contributed by atoms with van der Waals surface area (Å²) in [7, 11) is 0. The van der Waals surface area contributed by atoms with Crippen LogP contribution in [0.1, 0.15) is 6.92 Å². The quantitative estimate of drug-likeness (QED) is 0.701. The number of morpholine rings is 1. The van der Waals surface area contributed by atoms with Gasteiger partial charge in [-0.3, -0.25) is 14.3 Å². The van der Waals surface area contributed by atoms with E-state index in [-0.39, 0.29) is 5.91 Å². The van der Waals surface area contributed by atoms with Gasteiger partial charge >= 0.3 is 0 Å². The van der Waals surface area contributed by atoms with Gasteiger partial charge in [0, 0.05) is 32.7 Å². The normalized spacial score (nSPS) is 15.4. The van der Waals surface area contributed by atoms with Crippen LogP contribution in [0, 0.1) is 0 Å². The smallest absolute Gasteiger partial charge is 0.230 e. The first kappa shape index (κ1) is 18.0. The molecule has 1 fully saturated rings. The molecule has 1 aliphatic heterocycles. The van der Waals surface area contributed by atoms with Gasteiger partial charge in [0.25, 0.3) is 0 Å². The summed E-state index contributed by atoms with van der Waals surface area (Å²) in [6, 6.07) is 3.67. The SMILES string of the molecule is CCn1c(SCC(=O)NCCN2CCOCC2)nnc1-c1ccco1. The zero-order valence-electron chi connectivity index (χ0n) is 14.3. The first-order valence-electron chi connectivity index (χ1n) is 8.44. The molecule has 3 rings (SSSR count). The average Bonchev–Trinajstić information content (AvgIpc) is 3.30. The number of carbonyl (C=O) groups excluding carboxylic acids is 1. The van der Waals surface area contributed by atoms with Crippen LogP contribution in [0.15, 0.2) is 28.0 Å². The second kappa shape index (κ2) is 9.02. The van der Waals surface area contributed by atoms with Crippen molar-refractivity contribution >= 4 is 17.7 Å². The van der Waals surface area contributed by atoms with Gasteiger partial charge in [0.2, 0.25) is 5.91 Å². The Kier molecular flexibility index (Phi) is 6.48. The number of aromatic nitrogens is 3. The van der Waals surface area contributed by atoms with Crippen molar-refractivity contribution in [2.24, 2.45) is 0 Å². The number of rotatable bonds is 8. The Labute approximate surface area is 150 Å². The first-order chi connectivity index (χ1) is 12.3. The summed E-state index contributed by atoms with van der Waals surface area (Å²) in [4.78, 5) is 14.3. The molecule has 2 aromatic rings. The van der Waals surface area contributed by atoms with E-state index in [9.17, 15) is 4.79 Å². The van der Waals surface area contributed by atoms with Gasteiger partial charge in [-0.05, 0) is 19.1 Å². The minimum Gasteiger partial charge on any atom is -0.461 e. The largest absolute Gasteiger partial charge is 0.461 e. The third kappa shape index (κ3) is 4.83. The Morgan fingerprint density at radius 3 is 2.92 bits per heavy atom. The minimum atomic E-state index is 0.00320. The van der Waals surface area contributed by atoms with Gasteiger partial charge in [-0.15, -0.1) is 10.2 Å². The average molecular weight is 365 g/mol. The maximum Gasteiger partial charge on any atom is 0.230 e. The lowest BCUT2D eigenvalue weighted by molar-refractivity contribution is -0.118. The number of amides is 1. The van der Waals surface area contributed by atoms with Crippen LogP contribution in [0.3, 0.4) is 0 Å². The molecule has 0 aromatic carbocycles. The number of carbonyl (C=O) groups is 1. The van der Waals surface area contributed by atoms with E-state index in [0.717, 1.165) is 38.0 Å². The fourth-order valence-electron chi connectivity index (χ4n) is 2.63. The molecular weight excluding hydrogens is 342 g/mol. The van der Waals surface area contributed by atoms with Crippen LogP contribution in [0.25, 0.3) is 11.6 Å². The van der Waals surface area contributed by atoms with Crippen LogP contribution in [0.2, 0.25) is 0 Å². The Hall–Kier alpha value is -1.84. The number of hydrogen-bond acceptors (Lipinski definition) is 7. The molecule has 0 radical (unpaired) electrons. The summed E-state index contributed by atoms with van der Waals surface area (Å²) in [5.74, 6) is 1.68. The van der Waals surface area contributed by atoms with Crippen LogP contribution < -0.4 is 5.32 Å². The molecule has 1 N–H and O–H groups in total. The molecule has 2 aromatic heterocycles. The fraction of sp³-hybridized carbons (Fsp3) is 0.562. The summed E-state index contributed by atoms with van der Waals surface area (Å²) in [5, 5.41) is 12.0. The molecule has 0 atom stereocenters. The van der Waals surface area contributed by atoms with E-state index in [1.165, 1.54) is 11.8 Å². The van der Waals surface area contributed by atoms with Crippen LogP contribution in [0.4, 0.5) is 0 Å². The Bertz CT molecular complexity index is 667. The molecule has 3 heterocycles. The van der Waals surface area contributed by atoms with E-state index in [2.05, 4.69) is 20.4 Å². The van der Waals surface area contributed by atoms with E-state index in [4.69, 9.17) is 9.15 Å². The van der Waals surface area contributed by atoms with E-state index in [1.807, 2.05) is 23.6 Å². The van der Waals surface area contributed by atoms with Gasteiger partial charge in [0.1, 0.15) is 0 Å². The fourth-order valence-corrected chi connectivity index (χ4v) is 3.46. The van der Waals surface area contributed by atoms with Crippen molar-refractivity contribution in [3.8, 4) is 11.6 Å². The highest BCUT2D eigenvalue weighted by Crippen LogP contribution is 2.23. The van der Waals surface area contributed by atoms with Crippen LogP contribution in [-0.4, -0.2) is 70.7 Å². The standard InChI is InChI=1S/C16H23N5O3S/c1-2-21-15(13-4-3-9-24-13)18-19-16(21)25-12-14(22)17-5-6-20-7-10-23-11-8-20/h3-4,9H,2,5-8,10-12H2,1H3,(H,17,22). The molecule has 0 unspecified atom stereocenters. The summed E-state index contributed by atoms with van der Waals surface area (Å²) in [6.07, 6.45) is 1.61. The van der Waals surface area contributed by atoms with Crippen molar-refractivity contribution in [3.63, 3.8) is 0 Å². The molecule has 1 amide bonds. The molecule has 136 valence electrons. The number of hydrogen-bond donors (Lipinski definition) is 1. The van der Waals surface area contributed by atoms with Crippen molar-refractivity contribution < 1.29 is 13.9 Å². The van der Waals surface area contributed by atoms with E-state index in [0.29, 0.717) is 30.4 Å². The lowest BCUT2D eigenvalue weighted by Gasteiger charge is -2.26. The first-order valence-corrected chi connectivity index (χ1v) is 9.43. The number of thioether (sulfide) groups is 1. The van der Waals surface area contributed by atoms with Gasteiger partial charge in [-0.1, -0.05) is 11.8 Å². The second-order valence-electron chi connectivity index (χ2n) is 5.62. The predicted octanol–water partition coefficient (Wildman–Crippen LogP) is 1.10. The topological polar surface area (TPSA) is 85.4 Å². The Morgan fingerprint density at radius 2 is 2.20 bits per heavy atom. The zero-order valence-corrected chi connectivity index (χ0v) is 15.1. The van der Waals surface area contributed by atoms with Crippen LogP contribution in [-0.2, 0) is 16.1 Å². The molecule has 8 nitrogen and oxygen atoms in total. The molecule has 1 aliphatic rings. The summed E-state index contributed by atoms with van der Waals surface area (Å²) < 4.78 is 12.6. The van der Waals surface area contributed by atoms with Gasteiger partial charge in [-0.25, -0.2) is 0 Å². The third-order valence-electron chi connectivity index (χ3n) is 3.96. The lowest BCUT2D eigenvalue weighted by atomic mass is 10.4. The summed E-state index contributed by atoms with van der Waals surface area (Å²) in [5.41, 5.74) is 0. The van der Waals surface area contributed by atoms with Crippen molar-refractivity contribution in [3.05, 3.63) is 18.4 Å². The molecule has 1 saturated heterocycles. The molecule has 0 bridgehead atoms. The van der Waals surface area contributed by atoms with Gasteiger partial charge in [0.15, 0.2) is 16.7 Å². The van der Waals surface area contributed by atoms with Gasteiger partial charge in [0.05, 0.1) is 25.2 Å². The second-order valence-corrected chi connectivity index (χ2v) is 6.56. The summed E-state index contributed by atoms with van der Waals surface area (Å²) in [6.45, 7) is 7.64. The molecule has 9 heteroatoms. The maximum atomic E-state index is 12.0. The van der Waals surface area contributed by atoms with E-state index >= 15 is 0 Å². The highest BCUT2D eigenvalue weighted by atomic mass is 32.2. The minimum absolute atomic E-state index is 0.00320. The number of nitrogens with zero attached hydrogens (tertiary/aromatic N) is 4. The van der Waals surface area contributed by atoms with E-state index < -0.39 is 0 Å². The molecule has 0 saturated carbocycles. The number of furan rings is 1. The predicted molar refractivity (Wildman–Crippen MR) is 94.4 cm³/mol. The van der Waals surface area contributed by atoms with Crippen molar-refractivity contribution in [1.82, 2.24) is 25.0 Å². The van der Waals surface area contributed by atoms with Crippen molar-refractivity contribution in [2.45, 2.75) is 18.6 Å². The van der Waals surface area contributed by atoms with Crippen LogP contribution in [0.5, 0.6) is 0 Å². The molecule has 25 heavy (non-hydrogen) atoms. The van der Waals surface area contributed by atoms with Gasteiger partial charge < -0.3 is 14.5 Å². The third-order valence-corrected chi connectivity index (χ3v) is 4.93. The highest BCUT2D eigenvalue weighted by Gasteiger charge is 2.16. The highest BCUT2D eigenvalue weighted by molar-refractivity contribution is 7.99. The number of ether oxygens (including phenoxy) is 1. The molecule has 0 spiro atoms.